The van der Waals surface area contributed by atoms with E-state index in [2.05, 4.69) is 40.9 Å². The summed E-state index contributed by atoms with van der Waals surface area (Å²) in [6.45, 7) is 5.41. The molecule has 0 amide bonds. The summed E-state index contributed by atoms with van der Waals surface area (Å²) in [5.41, 5.74) is 4.95. The summed E-state index contributed by atoms with van der Waals surface area (Å²) in [6, 6.07) is 12.5. The van der Waals surface area contributed by atoms with Gasteiger partial charge in [0.15, 0.2) is 0 Å². The predicted molar refractivity (Wildman–Crippen MR) is 134 cm³/mol. The Kier molecular flexibility index (Phi) is 10.4. The maximum atomic E-state index is 14.0. The van der Waals surface area contributed by atoms with Crippen molar-refractivity contribution < 1.29 is 4.39 Å². The molecule has 5 heteroatoms. The van der Waals surface area contributed by atoms with Crippen molar-refractivity contribution in [2.75, 3.05) is 27.7 Å². The van der Waals surface area contributed by atoms with Crippen molar-refractivity contribution in [3.05, 3.63) is 78.5 Å². The molecule has 168 valence electrons. The fourth-order valence-corrected chi connectivity index (χ4v) is 3.11. The third-order valence-electron chi connectivity index (χ3n) is 4.85. The second kappa shape index (κ2) is 13.3. The highest BCUT2D eigenvalue weighted by Gasteiger charge is 2.08. The van der Waals surface area contributed by atoms with Gasteiger partial charge in [0.25, 0.3) is 0 Å². The predicted octanol–water partition coefficient (Wildman–Crippen LogP) is 6.40. The van der Waals surface area contributed by atoms with Crippen LogP contribution >= 0.6 is 0 Å². The molecule has 0 fully saturated rings. The van der Waals surface area contributed by atoms with E-state index in [1.54, 1.807) is 50.1 Å². The van der Waals surface area contributed by atoms with Crippen molar-refractivity contribution in [1.29, 1.82) is 0 Å². The lowest BCUT2D eigenvalue weighted by molar-refractivity contribution is 0.398. The number of aromatic nitrogens is 2. The summed E-state index contributed by atoms with van der Waals surface area (Å²) in [6.07, 6.45) is 11.7. The van der Waals surface area contributed by atoms with Gasteiger partial charge in [-0.3, -0.25) is 15.0 Å². The van der Waals surface area contributed by atoms with E-state index in [1.807, 2.05) is 31.2 Å². The molecule has 0 radical (unpaired) electrons. The van der Waals surface area contributed by atoms with Gasteiger partial charge in [-0.05, 0) is 75.5 Å². The molecule has 0 aliphatic rings. The third kappa shape index (κ3) is 7.50. The molecule has 4 nitrogen and oxygen atoms in total. The number of aliphatic imine (C=N–C) groups is 1. The lowest BCUT2D eigenvalue weighted by Crippen LogP contribution is -2.12. The van der Waals surface area contributed by atoms with Gasteiger partial charge >= 0.3 is 0 Å². The summed E-state index contributed by atoms with van der Waals surface area (Å²) in [7, 11) is 5.95. The second-order valence-electron chi connectivity index (χ2n) is 7.66. The molecule has 0 saturated heterocycles. The van der Waals surface area contributed by atoms with Gasteiger partial charge in [-0.2, -0.15) is 0 Å². The quantitative estimate of drug-likeness (QED) is 0.406. The number of benzene rings is 1. The molecule has 0 spiro atoms. The van der Waals surface area contributed by atoms with E-state index in [0.29, 0.717) is 11.3 Å². The minimum Gasteiger partial charge on any atom is -0.309 e. The van der Waals surface area contributed by atoms with E-state index in [-0.39, 0.29) is 5.82 Å². The first-order valence-corrected chi connectivity index (χ1v) is 10.9. The molecule has 0 aliphatic heterocycles. The van der Waals surface area contributed by atoms with Crippen LogP contribution in [0.3, 0.4) is 0 Å². The van der Waals surface area contributed by atoms with Crippen LogP contribution in [0.25, 0.3) is 28.0 Å². The summed E-state index contributed by atoms with van der Waals surface area (Å²) in [4.78, 5) is 14.9. The topological polar surface area (TPSA) is 41.4 Å². The third-order valence-corrected chi connectivity index (χ3v) is 4.85. The van der Waals surface area contributed by atoms with E-state index < -0.39 is 0 Å². The molecule has 1 aromatic carbocycles. The number of rotatable bonds is 7. The van der Waals surface area contributed by atoms with E-state index >= 15 is 0 Å². The Bertz CT molecular complexity index is 1040. The molecule has 3 rings (SSSR count). The molecule has 0 unspecified atom stereocenters. The number of halogens is 1. The van der Waals surface area contributed by atoms with Gasteiger partial charge in [0, 0.05) is 48.5 Å². The van der Waals surface area contributed by atoms with Gasteiger partial charge in [-0.1, -0.05) is 31.6 Å². The van der Waals surface area contributed by atoms with Gasteiger partial charge in [-0.25, -0.2) is 4.39 Å². The zero-order chi connectivity index (χ0) is 23.3. The largest absolute Gasteiger partial charge is 0.309 e. The van der Waals surface area contributed by atoms with Crippen LogP contribution in [-0.2, 0) is 0 Å². The van der Waals surface area contributed by atoms with Crippen LogP contribution in [0.15, 0.2) is 72.1 Å². The lowest BCUT2D eigenvalue weighted by Gasteiger charge is -2.08. The average molecular weight is 433 g/mol. The maximum absolute atomic E-state index is 14.0. The van der Waals surface area contributed by atoms with Crippen LogP contribution in [0.4, 0.5) is 4.39 Å². The van der Waals surface area contributed by atoms with E-state index in [9.17, 15) is 4.39 Å². The molecule has 0 atom stereocenters. The van der Waals surface area contributed by atoms with Gasteiger partial charge in [0.2, 0.25) is 0 Å². The molecule has 0 saturated carbocycles. The fourth-order valence-electron chi connectivity index (χ4n) is 3.11. The van der Waals surface area contributed by atoms with Crippen LogP contribution in [0.5, 0.6) is 0 Å². The van der Waals surface area contributed by atoms with Crippen LogP contribution in [0.2, 0.25) is 0 Å². The number of unbranched alkanes of at least 4 members (excludes halogenated alkanes) is 1. The summed E-state index contributed by atoms with van der Waals surface area (Å²) in [5.74, 6) is -0.283. The highest BCUT2D eigenvalue weighted by Crippen LogP contribution is 2.27. The first-order valence-electron chi connectivity index (χ1n) is 10.9. The Hall–Kier alpha value is -3.18. The molecule has 2 heterocycles. The standard InChI is InChI=1S/C21H18FN3.C6H15N/c1-3-15(12-23-2)17-10-18(14-24-13-17)16-8-9-25-21(11-16)19-6-4-5-7-20(19)22;1-4-5-6-7(2)3/h3-14H,1-2H3;4-6H2,1-3H3/b15-3+,23-12?;. The van der Waals surface area contributed by atoms with E-state index in [1.165, 1.54) is 25.5 Å². The maximum Gasteiger partial charge on any atom is 0.132 e. The molecule has 2 aromatic heterocycles. The lowest BCUT2D eigenvalue weighted by atomic mass is 10.0. The molecule has 32 heavy (non-hydrogen) atoms. The van der Waals surface area contributed by atoms with E-state index in [0.717, 1.165) is 22.3 Å². The monoisotopic (exact) mass is 432 g/mol. The van der Waals surface area contributed by atoms with Crippen molar-refractivity contribution in [3.63, 3.8) is 0 Å². The fraction of sp³-hybridized carbons (Fsp3) is 0.296. The molecular formula is C27H33FN4. The smallest absolute Gasteiger partial charge is 0.132 e. The first-order chi connectivity index (χ1) is 15.5. The van der Waals surface area contributed by atoms with Gasteiger partial charge in [0.1, 0.15) is 5.82 Å². The Labute approximate surface area is 191 Å². The average Bonchev–Trinajstić information content (AvgIpc) is 2.82. The van der Waals surface area contributed by atoms with Crippen LogP contribution in [0.1, 0.15) is 32.3 Å². The minimum atomic E-state index is -0.283. The Morgan fingerprint density at radius 1 is 1.09 bits per heavy atom. The molecule has 0 aliphatic carbocycles. The summed E-state index contributed by atoms with van der Waals surface area (Å²) < 4.78 is 14.0. The Morgan fingerprint density at radius 2 is 1.88 bits per heavy atom. The second-order valence-corrected chi connectivity index (χ2v) is 7.66. The number of nitrogens with zero attached hydrogens (tertiary/aromatic N) is 4. The number of hydrogen-bond donors (Lipinski definition) is 0. The highest BCUT2D eigenvalue weighted by molar-refractivity contribution is 6.09. The van der Waals surface area contributed by atoms with Crippen molar-refractivity contribution in [1.82, 2.24) is 14.9 Å². The number of pyridine rings is 2. The van der Waals surface area contributed by atoms with Crippen molar-refractivity contribution in [2.24, 2.45) is 4.99 Å². The number of allylic oxidation sites excluding steroid dienone is 2. The van der Waals surface area contributed by atoms with Crippen LogP contribution < -0.4 is 0 Å². The summed E-state index contributed by atoms with van der Waals surface area (Å²) >= 11 is 0. The number of hydrogen-bond acceptors (Lipinski definition) is 4. The molecule has 0 N–H and O–H groups in total. The van der Waals surface area contributed by atoms with E-state index in [4.69, 9.17) is 0 Å². The Morgan fingerprint density at radius 3 is 2.50 bits per heavy atom. The van der Waals surface area contributed by atoms with Gasteiger partial charge in [-0.15, -0.1) is 0 Å². The van der Waals surface area contributed by atoms with Crippen molar-refractivity contribution in [2.45, 2.75) is 26.7 Å². The van der Waals surface area contributed by atoms with Crippen LogP contribution in [0, 0.1) is 5.82 Å². The zero-order valence-electron chi connectivity index (χ0n) is 19.7. The normalized spacial score (nSPS) is 11.5. The van der Waals surface area contributed by atoms with Crippen LogP contribution in [-0.4, -0.2) is 48.8 Å². The molecule has 3 aromatic rings. The molecule has 0 bridgehead atoms. The summed E-state index contributed by atoms with van der Waals surface area (Å²) in [5, 5.41) is 0. The van der Waals surface area contributed by atoms with Gasteiger partial charge < -0.3 is 4.90 Å². The SMILES string of the molecule is C/C=C(\C=NC)c1cncc(-c2ccnc(-c3ccccc3F)c2)c1.CCCCN(C)C. The minimum absolute atomic E-state index is 0.283. The first kappa shape index (κ1) is 25.1. The highest BCUT2D eigenvalue weighted by atomic mass is 19.1. The molecular weight excluding hydrogens is 399 g/mol. The van der Waals surface area contributed by atoms with Crippen molar-refractivity contribution in [3.8, 4) is 22.4 Å². The van der Waals surface area contributed by atoms with Crippen molar-refractivity contribution >= 4 is 11.8 Å². The Balaban J connectivity index is 0.000000451. The zero-order valence-corrected chi connectivity index (χ0v) is 19.7. The van der Waals surface area contributed by atoms with Gasteiger partial charge in [0.05, 0.1) is 5.69 Å².